The van der Waals surface area contributed by atoms with Crippen LogP contribution in [0.3, 0.4) is 0 Å². The normalized spacial score (nSPS) is 17.8. The summed E-state index contributed by atoms with van der Waals surface area (Å²) in [4.78, 5) is 26.2. The monoisotopic (exact) mass is 393 g/mol. The minimum Gasteiger partial charge on any atom is -0.325 e. The van der Waals surface area contributed by atoms with Crippen LogP contribution in [0, 0.1) is 6.92 Å². The zero-order chi connectivity index (χ0) is 19.5. The lowest BCUT2D eigenvalue weighted by Crippen LogP contribution is -2.53. The molecule has 0 bridgehead atoms. The van der Waals surface area contributed by atoms with E-state index in [1.54, 1.807) is 6.08 Å². The van der Waals surface area contributed by atoms with Gasteiger partial charge in [-0.3, -0.25) is 19.9 Å². The van der Waals surface area contributed by atoms with Crippen molar-refractivity contribution >= 4 is 40.1 Å². The van der Waals surface area contributed by atoms with E-state index in [1.165, 1.54) is 11.8 Å². The lowest BCUT2D eigenvalue weighted by Gasteiger charge is -2.32. The topological polar surface area (TPSA) is 85.8 Å². The molecule has 0 aromatic heterocycles. The molecule has 2 aromatic carbocycles. The molecule has 8 heteroatoms. The number of hydrogen-bond donors (Lipinski definition) is 3. The van der Waals surface area contributed by atoms with Crippen LogP contribution in [0.4, 0.5) is 5.69 Å². The molecular weight excluding hydrogens is 374 g/mol. The first-order chi connectivity index (χ1) is 13.6. The highest BCUT2D eigenvalue weighted by molar-refractivity contribution is 8.14. The molecule has 7 nitrogen and oxygen atoms in total. The second-order valence-corrected chi connectivity index (χ2v) is 7.35. The summed E-state index contributed by atoms with van der Waals surface area (Å²) in [6, 6.07) is 17.3. The number of amidine groups is 1. The average molecular weight is 393 g/mol. The summed E-state index contributed by atoms with van der Waals surface area (Å²) < 4.78 is 0. The van der Waals surface area contributed by atoms with Crippen LogP contribution in [0.1, 0.15) is 11.1 Å². The fraction of sp³-hybridized carbons (Fsp3) is 0.150. The second-order valence-electron chi connectivity index (χ2n) is 6.40. The van der Waals surface area contributed by atoms with Crippen LogP contribution in [0.15, 0.2) is 65.8 Å². The van der Waals surface area contributed by atoms with Crippen molar-refractivity contribution in [2.75, 3.05) is 11.1 Å². The summed E-state index contributed by atoms with van der Waals surface area (Å²) in [5.41, 5.74) is 6.45. The lowest BCUT2D eigenvalue weighted by molar-refractivity contribution is -0.118. The third-order valence-corrected chi connectivity index (χ3v) is 5.24. The predicted octanol–water partition coefficient (Wildman–Crippen LogP) is 2.30. The number of fused-ring (bicyclic) bond motifs is 1. The van der Waals surface area contributed by atoms with E-state index in [-0.39, 0.29) is 17.6 Å². The Morgan fingerprint density at radius 1 is 1.18 bits per heavy atom. The summed E-state index contributed by atoms with van der Waals surface area (Å²) in [6.07, 6.45) is 1.08. The van der Waals surface area contributed by atoms with Crippen LogP contribution in [0.5, 0.6) is 0 Å². The van der Waals surface area contributed by atoms with Crippen LogP contribution in [-0.4, -0.2) is 33.9 Å². The van der Waals surface area contributed by atoms with E-state index in [2.05, 4.69) is 21.2 Å². The Morgan fingerprint density at radius 2 is 1.93 bits per heavy atom. The van der Waals surface area contributed by atoms with Gasteiger partial charge in [0.25, 0.3) is 0 Å². The highest BCUT2D eigenvalue weighted by atomic mass is 32.2. The first kappa shape index (κ1) is 18.1. The molecule has 0 spiro atoms. The standard InChI is InChI=1S/C20H19N5O2S/c1-13-7-9-15(10-8-13)21-18(27)12-28-20-24-23-19-22-17(26)11-16(25(19)20)14-5-3-2-4-6-14/h2-11,19,23H,12H2,1H3,(H,21,27)(H,22,26). The van der Waals surface area contributed by atoms with Gasteiger partial charge >= 0.3 is 0 Å². The number of amides is 2. The van der Waals surface area contributed by atoms with E-state index in [9.17, 15) is 9.59 Å². The number of rotatable bonds is 4. The van der Waals surface area contributed by atoms with Gasteiger partial charge in [0.05, 0.1) is 11.4 Å². The van der Waals surface area contributed by atoms with Gasteiger partial charge in [-0.1, -0.05) is 59.8 Å². The highest BCUT2D eigenvalue weighted by Crippen LogP contribution is 2.29. The number of carbonyl (C=O) groups is 2. The highest BCUT2D eigenvalue weighted by Gasteiger charge is 2.36. The van der Waals surface area contributed by atoms with Crippen molar-refractivity contribution in [3.63, 3.8) is 0 Å². The molecule has 0 radical (unpaired) electrons. The van der Waals surface area contributed by atoms with Crippen molar-refractivity contribution in [2.45, 2.75) is 13.2 Å². The fourth-order valence-corrected chi connectivity index (χ4v) is 3.74. The Hall–Kier alpha value is -3.26. The SMILES string of the molecule is Cc1ccc(NC(=O)CSC2=NNC3NC(=O)C=C(c4ccccc4)N23)cc1. The maximum atomic E-state index is 12.3. The van der Waals surface area contributed by atoms with Crippen LogP contribution in [-0.2, 0) is 9.59 Å². The minimum atomic E-state index is -0.463. The van der Waals surface area contributed by atoms with Gasteiger partial charge in [-0.05, 0) is 24.6 Å². The van der Waals surface area contributed by atoms with Crippen molar-refractivity contribution in [1.29, 1.82) is 0 Å². The van der Waals surface area contributed by atoms with Crippen molar-refractivity contribution in [3.8, 4) is 0 Å². The van der Waals surface area contributed by atoms with Gasteiger partial charge in [-0.25, -0.2) is 0 Å². The molecule has 1 unspecified atom stereocenters. The molecule has 1 atom stereocenters. The summed E-state index contributed by atoms with van der Waals surface area (Å²) in [7, 11) is 0. The third kappa shape index (κ3) is 3.86. The van der Waals surface area contributed by atoms with Gasteiger partial charge in [0, 0.05) is 11.8 Å². The van der Waals surface area contributed by atoms with Gasteiger partial charge in [-0.2, -0.15) is 5.10 Å². The quantitative estimate of drug-likeness (QED) is 0.742. The number of anilines is 1. The van der Waals surface area contributed by atoms with Crippen molar-refractivity contribution in [3.05, 3.63) is 71.8 Å². The summed E-state index contributed by atoms with van der Waals surface area (Å²) in [5, 5.41) is 10.6. The van der Waals surface area contributed by atoms with E-state index in [0.29, 0.717) is 5.17 Å². The third-order valence-electron chi connectivity index (χ3n) is 4.29. The van der Waals surface area contributed by atoms with E-state index in [0.717, 1.165) is 22.5 Å². The van der Waals surface area contributed by atoms with Gasteiger partial charge < -0.3 is 10.6 Å². The molecule has 4 rings (SSSR count). The van der Waals surface area contributed by atoms with Crippen molar-refractivity contribution < 1.29 is 9.59 Å². The number of aryl methyl sites for hydroxylation is 1. The Bertz CT molecular complexity index is 956. The van der Waals surface area contributed by atoms with Gasteiger partial charge in [0.2, 0.25) is 11.8 Å². The van der Waals surface area contributed by atoms with E-state index >= 15 is 0 Å². The first-order valence-corrected chi connectivity index (χ1v) is 9.78. The molecule has 0 saturated carbocycles. The van der Waals surface area contributed by atoms with Crippen molar-refractivity contribution in [2.24, 2.45) is 5.10 Å². The van der Waals surface area contributed by atoms with Gasteiger partial charge in [0.1, 0.15) is 0 Å². The van der Waals surface area contributed by atoms with Crippen molar-refractivity contribution in [1.82, 2.24) is 15.6 Å². The summed E-state index contributed by atoms with van der Waals surface area (Å²) in [5.74, 6) is -0.106. The number of thioether (sulfide) groups is 1. The molecular formula is C20H19N5O2S. The maximum Gasteiger partial charge on any atom is 0.249 e. The number of benzene rings is 2. The Kier molecular flexibility index (Phi) is 5.03. The Balaban J connectivity index is 1.45. The number of nitrogens with one attached hydrogen (secondary N) is 3. The van der Waals surface area contributed by atoms with Gasteiger partial charge in [0.15, 0.2) is 11.5 Å². The molecule has 2 aliphatic rings. The number of hydrazone groups is 1. The maximum absolute atomic E-state index is 12.3. The second kappa shape index (κ2) is 7.77. The van der Waals surface area contributed by atoms with Crippen LogP contribution in [0.25, 0.3) is 5.70 Å². The number of hydrogen-bond acceptors (Lipinski definition) is 6. The average Bonchev–Trinajstić information content (AvgIpc) is 3.11. The summed E-state index contributed by atoms with van der Waals surface area (Å²) >= 11 is 1.31. The molecule has 142 valence electrons. The molecule has 28 heavy (non-hydrogen) atoms. The molecule has 2 aliphatic heterocycles. The molecule has 0 aliphatic carbocycles. The van der Waals surface area contributed by atoms with Crippen LogP contribution < -0.4 is 16.1 Å². The molecule has 0 fully saturated rings. The van der Waals surface area contributed by atoms with Crippen LogP contribution in [0.2, 0.25) is 0 Å². The Morgan fingerprint density at radius 3 is 2.68 bits per heavy atom. The molecule has 2 aromatic rings. The smallest absolute Gasteiger partial charge is 0.249 e. The number of carbonyl (C=O) groups excluding carboxylic acids is 2. The van der Waals surface area contributed by atoms with Gasteiger partial charge in [-0.15, -0.1) is 0 Å². The van der Waals surface area contributed by atoms with E-state index in [1.807, 2.05) is 66.4 Å². The molecule has 3 N–H and O–H groups in total. The zero-order valence-corrected chi connectivity index (χ0v) is 16.0. The van der Waals surface area contributed by atoms with E-state index < -0.39 is 6.29 Å². The zero-order valence-electron chi connectivity index (χ0n) is 15.2. The molecule has 0 saturated heterocycles. The first-order valence-electron chi connectivity index (χ1n) is 8.79. The number of nitrogens with zero attached hydrogens (tertiary/aromatic N) is 2. The molecule has 2 heterocycles. The Labute approximate surface area is 166 Å². The largest absolute Gasteiger partial charge is 0.325 e. The summed E-state index contributed by atoms with van der Waals surface area (Å²) in [6.45, 7) is 2.00. The van der Waals surface area contributed by atoms with E-state index in [4.69, 9.17) is 0 Å². The predicted molar refractivity (Wildman–Crippen MR) is 111 cm³/mol. The fourth-order valence-electron chi connectivity index (χ4n) is 2.94. The van der Waals surface area contributed by atoms with Crippen LogP contribution >= 0.6 is 11.8 Å². The minimum absolute atomic E-state index is 0.119. The molecule has 2 amide bonds. The lowest BCUT2D eigenvalue weighted by atomic mass is 10.1.